The Morgan fingerprint density at radius 2 is 1.76 bits per heavy atom. The molecular weight excluding hydrogens is 320 g/mol. The summed E-state index contributed by atoms with van der Waals surface area (Å²) in [5.41, 5.74) is 1.80. The summed E-state index contributed by atoms with van der Waals surface area (Å²) >= 11 is 0. The second-order valence-electron chi connectivity index (χ2n) is 5.78. The highest BCUT2D eigenvalue weighted by atomic mass is 16.5. The summed E-state index contributed by atoms with van der Waals surface area (Å²) in [4.78, 5) is 13.3. The molecule has 0 bridgehead atoms. The van der Waals surface area contributed by atoms with Gasteiger partial charge in [0.25, 0.3) is 5.91 Å². The number of likely N-dealkylation sites (N-methyl/N-ethyl adjacent to an activating group) is 1. The van der Waals surface area contributed by atoms with Gasteiger partial charge in [-0.25, -0.2) is 0 Å². The molecule has 2 aromatic rings. The zero-order chi connectivity index (χ0) is 18.2. The summed E-state index contributed by atoms with van der Waals surface area (Å²) in [6, 6.07) is 13.1. The molecule has 0 spiro atoms. The van der Waals surface area contributed by atoms with Gasteiger partial charge in [-0.3, -0.25) is 4.79 Å². The van der Waals surface area contributed by atoms with Crippen LogP contribution in [0, 0.1) is 0 Å². The summed E-state index contributed by atoms with van der Waals surface area (Å²) in [6.07, 6.45) is 0. The number of carbonyl (C=O) groups excluding carboxylic acids is 1. The van der Waals surface area contributed by atoms with E-state index in [-0.39, 0.29) is 5.91 Å². The molecule has 0 aromatic heterocycles. The van der Waals surface area contributed by atoms with E-state index in [0.717, 1.165) is 16.2 Å². The van der Waals surface area contributed by atoms with E-state index in [4.69, 9.17) is 14.2 Å². The van der Waals surface area contributed by atoms with Crippen LogP contribution >= 0.6 is 0 Å². The van der Waals surface area contributed by atoms with Crippen molar-refractivity contribution in [2.24, 2.45) is 0 Å². The molecule has 6 heteroatoms. The van der Waals surface area contributed by atoms with Crippen molar-refractivity contribution in [1.29, 1.82) is 0 Å². The van der Waals surface area contributed by atoms with E-state index in [2.05, 4.69) is 5.32 Å². The third-order valence-corrected chi connectivity index (χ3v) is 3.77. The number of carbonyl (C=O) groups is 1. The highest BCUT2D eigenvalue weighted by Gasteiger charge is 2.13. The van der Waals surface area contributed by atoms with Crippen LogP contribution in [0.4, 0.5) is 5.69 Å². The maximum absolute atomic E-state index is 12.2. The average Bonchev–Trinajstić information content (AvgIpc) is 2.61. The Kier molecular flexibility index (Phi) is 6.65. The minimum absolute atomic E-state index is 0.0498. The molecule has 0 aliphatic heterocycles. The van der Waals surface area contributed by atoms with E-state index in [1.165, 1.54) is 0 Å². The number of nitrogens with one attached hydrogen (secondary N) is 2. The molecule has 0 aliphatic carbocycles. The van der Waals surface area contributed by atoms with E-state index in [1.807, 2.05) is 43.4 Å². The summed E-state index contributed by atoms with van der Waals surface area (Å²) < 4.78 is 15.7. The van der Waals surface area contributed by atoms with E-state index in [0.29, 0.717) is 30.3 Å². The first-order valence-electron chi connectivity index (χ1n) is 8.01. The van der Waals surface area contributed by atoms with Crippen LogP contribution in [0.3, 0.4) is 0 Å². The molecule has 2 N–H and O–H groups in total. The molecule has 2 aromatic carbocycles. The zero-order valence-electron chi connectivity index (χ0n) is 15.1. The Hall–Kier alpha value is -2.73. The minimum atomic E-state index is -0.0498. The number of anilines is 1. The zero-order valence-corrected chi connectivity index (χ0v) is 15.1. The van der Waals surface area contributed by atoms with Crippen molar-refractivity contribution in [1.82, 2.24) is 0 Å². The molecule has 25 heavy (non-hydrogen) atoms. The van der Waals surface area contributed by atoms with Gasteiger partial charge in [0.1, 0.15) is 12.3 Å². The van der Waals surface area contributed by atoms with Gasteiger partial charge in [-0.15, -0.1) is 0 Å². The lowest BCUT2D eigenvalue weighted by Crippen LogP contribution is -3.08. The molecule has 2 rings (SSSR count). The van der Waals surface area contributed by atoms with Crippen LogP contribution in [-0.4, -0.2) is 40.8 Å². The quantitative estimate of drug-likeness (QED) is 0.759. The molecule has 0 fully saturated rings. The van der Waals surface area contributed by atoms with Gasteiger partial charge in [0.05, 0.1) is 28.4 Å². The number of hydrogen-bond donors (Lipinski definition) is 2. The summed E-state index contributed by atoms with van der Waals surface area (Å²) in [5, 5.41) is 2.89. The van der Waals surface area contributed by atoms with Gasteiger partial charge in [-0.05, 0) is 30.3 Å². The largest absolute Gasteiger partial charge is 0.497 e. The van der Waals surface area contributed by atoms with Crippen LogP contribution in [-0.2, 0) is 11.3 Å². The maximum Gasteiger partial charge on any atom is 0.279 e. The standard InChI is InChI=1S/C19H24N2O4/c1-21(12-14-8-9-17(24-3)18(10-14)25-4)13-19(22)20-15-6-5-7-16(11-15)23-2/h5-11H,12-13H2,1-4H3,(H,20,22)/p+1. The Morgan fingerprint density at radius 1 is 1.00 bits per heavy atom. The van der Waals surface area contributed by atoms with Crippen molar-refractivity contribution in [3.63, 3.8) is 0 Å². The average molecular weight is 345 g/mol. The lowest BCUT2D eigenvalue weighted by Gasteiger charge is -2.15. The Bertz CT molecular complexity index is 718. The Morgan fingerprint density at radius 3 is 2.44 bits per heavy atom. The predicted molar refractivity (Wildman–Crippen MR) is 96.6 cm³/mol. The predicted octanol–water partition coefficient (Wildman–Crippen LogP) is 1.37. The van der Waals surface area contributed by atoms with Gasteiger partial charge in [-0.1, -0.05) is 6.07 Å². The molecule has 1 atom stereocenters. The monoisotopic (exact) mass is 345 g/mol. The van der Waals surface area contributed by atoms with Gasteiger partial charge in [0.15, 0.2) is 18.0 Å². The summed E-state index contributed by atoms with van der Waals surface area (Å²) in [6.45, 7) is 1.05. The van der Waals surface area contributed by atoms with E-state index >= 15 is 0 Å². The van der Waals surface area contributed by atoms with E-state index in [1.54, 1.807) is 27.4 Å². The molecule has 1 amide bonds. The van der Waals surface area contributed by atoms with Gasteiger partial charge in [0, 0.05) is 17.3 Å². The molecule has 0 aliphatic rings. The van der Waals surface area contributed by atoms with Crippen molar-refractivity contribution in [3.8, 4) is 17.2 Å². The first-order valence-corrected chi connectivity index (χ1v) is 8.01. The van der Waals surface area contributed by atoms with Crippen LogP contribution in [0.2, 0.25) is 0 Å². The maximum atomic E-state index is 12.2. The number of quaternary nitrogens is 1. The lowest BCUT2D eigenvalue weighted by atomic mass is 10.2. The van der Waals surface area contributed by atoms with Crippen molar-refractivity contribution >= 4 is 11.6 Å². The normalized spacial score (nSPS) is 11.5. The second kappa shape index (κ2) is 8.94. The number of methoxy groups -OCH3 is 3. The van der Waals surface area contributed by atoms with Crippen molar-refractivity contribution in [3.05, 3.63) is 48.0 Å². The third kappa shape index (κ3) is 5.39. The first kappa shape index (κ1) is 18.6. The third-order valence-electron chi connectivity index (χ3n) is 3.77. The number of ether oxygens (including phenoxy) is 3. The van der Waals surface area contributed by atoms with Gasteiger partial charge >= 0.3 is 0 Å². The van der Waals surface area contributed by atoms with Crippen LogP contribution in [0.25, 0.3) is 0 Å². The number of hydrogen-bond acceptors (Lipinski definition) is 4. The summed E-state index contributed by atoms with van der Waals surface area (Å²) in [5.74, 6) is 2.04. The van der Waals surface area contributed by atoms with Crippen molar-refractivity contribution < 1.29 is 23.9 Å². The van der Waals surface area contributed by atoms with Crippen LogP contribution < -0.4 is 24.4 Å². The van der Waals surface area contributed by atoms with Crippen molar-refractivity contribution in [2.45, 2.75) is 6.54 Å². The number of benzene rings is 2. The first-order chi connectivity index (χ1) is 12.0. The molecule has 6 nitrogen and oxygen atoms in total. The highest BCUT2D eigenvalue weighted by Crippen LogP contribution is 2.27. The summed E-state index contributed by atoms with van der Waals surface area (Å²) in [7, 11) is 6.79. The molecule has 0 heterocycles. The van der Waals surface area contributed by atoms with E-state index < -0.39 is 0 Å². The Labute approximate surface area is 148 Å². The van der Waals surface area contributed by atoms with E-state index in [9.17, 15) is 4.79 Å². The molecule has 1 unspecified atom stereocenters. The molecule has 0 saturated carbocycles. The van der Waals surface area contributed by atoms with Crippen LogP contribution in [0.1, 0.15) is 5.56 Å². The van der Waals surface area contributed by atoms with Crippen molar-refractivity contribution in [2.75, 3.05) is 40.2 Å². The van der Waals surface area contributed by atoms with Crippen LogP contribution in [0.15, 0.2) is 42.5 Å². The molecular formula is C19H25N2O4+. The molecule has 0 radical (unpaired) electrons. The smallest absolute Gasteiger partial charge is 0.279 e. The van der Waals surface area contributed by atoms with Gasteiger partial charge in [-0.2, -0.15) is 0 Å². The fourth-order valence-corrected chi connectivity index (χ4v) is 2.58. The molecule has 134 valence electrons. The SMILES string of the molecule is COc1cccc(NC(=O)C[NH+](C)Cc2ccc(OC)c(OC)c2)c1. The van der Waals surface area contributed by atoms with Gasteiger partial charge in [0.2, 0.25) is 0 Å². The Balaban J connectivity index is 1.92. The number of amides is 1. The topological polar surface area (TPSA) is 61.2 Å². The van der Waals surface area contributed by atoms with Gasteiger partial charge < -0.3 is 24.4 Å². The van der Waals surface area contributed by atoms with Crippen LogP contribution in [0.5, 0.6) is 17.2 Å². The fraction of sp³-hybridized carbons (Fsp3) is 0.316. The molecule has 0 saturated heterocycles. The second-order valence-corrected chi connectivity index (χ2v) is 5.78. The minimum Gasteiger partial charge on any atom is -0.497 e. The number of rotatable bonds is 8. The lowest BCUT2D eigenvalue weighted by molar-refractivity contribution is -0.885. The highest BCUT2D eigenvalue weighted by molar-refractivity contribution is 5.91. The fourth-order valence-electron chi connectivity index (χ4n) is 2.58.